The fourth-order valence-corrected chi connectivity index (χ4v) is 4.20. The van der Waals surface area contributed by atoms with Crippen molar-refractivity contribution in [2.75, 3.05) is 37.8 Å². The van der Waals surface area contributed by atoms with Gasteiger partial charge in [0.15, 0.2) is 0 Å². The van der Waals surface area contributed by atoms with Gasteiger partial charge in [-0.15, -0.1) is 0 Å². The molecule has 156 valence electrons. The first-order valence-corrected chi connectivity index (χ1v) is 10.2. The zero-order valence-electron chi connectivity index (χ0n) is 17.6. The summed E-state index contributed by atoms with van der Waals surface area (Å²) in [5.41, 5.74) is 9.99. The predicted molar refractivity (Wildman–Crippen MR) is 119 cm³/mol. The Hall–Kier alpha value is -2.38. The van der Waals surface area contributed by atoms with E-state index in [4.69, 9.17) is 27.5 Å². The molecule has 0 saturated carbocycles. The fourth-order valence-electron chi connectivity index (χ4n) is 3.98. The molecule has 1 aromatic heterocycles. The summed E-state index contributed by atoms with van der Waals surface area (Å²) in [6, 6.07) is 1.80. The largest absolute Gasteiger partial charge is 0.496 e. The third kappa shape index (κ3) is 4.02. The molecular weight excluding hydrogens is 388 g/mol. The van der Waals surface area contributed by atoms with Crippen molar-refractivity contribution in [2.45, 2.75) is 39.7 Å². The molecule has 1 atom stereocenters. The molecule has 8 heteroatoms. The monoisotopic (exact) mass is 416 g/mol. The van der Waals surface area contributed by atoms with E-state index in [-0.39, 0.29) is 11.9 Å². The van der Waals surface area contributed by atoms with Crippen LogP contribution in [0.2, 0.25) is 5.02 Å². The molecule has 0 amide bonds. The van der Waals surface area contributed by atoms with Crippen molar-refractivity contribution < 1.29 is 4.74 Å². The summed E-state index contributed by atoms with van der Waals surface area (Å²) in [5.74, 6) is 2.08. The van der Waals surface area contributed by atoms with Gasteiger partial charge in [0.1, 0.15) is 23.7 Å². The second-order valence-corrected chi connectivity index (χ2v) is 7.95. The van der Waals surface area contributed by atoms with E-state index in [0.717, 1.165) is 41.5 Å². The van der Waals surface area contributed by atoms with Crippen molar-refractivity contribution in [3.05, 3.63) is 39.7 Å². The number of halogens is 1. The van der Waals surface area contributed by atoms with E-state index in [1.54, 1.807) is 14.0 Å². The summed E-state index contributed by atoms with van der Waals surface area (Å²) < 4.78 is 5.88. The molecule has 2 heterocycles. The van der Waals surface area contributed by atoms with E-state index in [9.17, 15) is 0 Å². The van der Waals surface area contributed by atoms with Crippen LogP contribution in [0, 0.1) is 12.3 Å². The number of rotatable bonds is 7. The van der Waals surface area contributed by atoms with Crippen LogP contribution >= 0.6 is 11.6 Å². The number of nitrogens with two attached hydrogens (primary N) is 1. The summed E-state index contributed by atoms with van der Waals surface area (Å²) in [7, 11) is 1.70. The van der Waals surface area contributed by atoms with Gasteiger partial charge >= 0.3 is 0 Å². The molecule has 0 bridgehead atoms. The van der Waals surface area contributed by atoms with E-state index in [1.165, 1.54) is 11.9 Å². The Morgan fingerprint density at radius 1 is 1.45 bits per heavy atom. The minimum absolute atomic E-state index is 0.156. The number of nitrogens with one attached hydrogen (secondary N) is 2. The summed E-state index contributed by atoms with van der Waals surface area (Å²) in [5, 5.41) is 12.1. The standard InChI is InChI=1S/C21H29ClN6O/c1-6-28-8-14(9-28)17-11(2)16(22)7-15(19(17)29-5)13(4)27-21-18(12(3)23)20(24)25-10-26-21/h7,10,13-14,23H,6,8-9H2,1-5H3,(H3,24,25,26,27). The Morgan fingerprint density at radius 2 is 2.14 bits per heavy atom. The number of nitrogen functional groups attached to an aromatic ring is 1. The SMILES string of the molecule is CCN1CC(c2c(C)c(Cl)cc(C(C)Nc3ncnc(N)c3C(C)=N)c2OC)C1. The average Bonchev–Trinajstić information content (AvgIpc) is 2.63. The maximum absolute atomic E-state index is 8.02. The molecule has 1 aliphatic rings. The highest BCUT2D eigenvalue weighted by molar-refractivity contribution is 6.31. The number of nitrogens with zero attached hydrogens (tertiary/aromatic N) is 3. The highest BCUT2D eigenvalue weighted by Crippen LogP contribution is 2.43. The third-order valence-electron chi connectivity index (χ3n) is 5.64. The van der Waals surface area contributed by atoms with Crippen LogP contribution in [0.25, 0.3) is 0 Å². The van der Waals surface area contributed by atoms with E-state index < -0.39 is 0 Å². The van der Waals surface area contributed by atoms with Crippen LogP contribution in [0.1, 0.15) is 55.0 Å². The van der Waals surface area contributed by atoms with Gasteiger partial charge in [0, 0.05) is 40.9 Å². The molecule has 1 saturated heterocycles. The van der Waals surface area contributed by atoms with Crippen LogP contribution in [0.15, 0.2) is 12.4 Å². The van der Waals surface area contributed by atoms with Crippen LogP contribution < -0.4 is 15.8 Å². The molecule has 1 aliphatic heterocycles. The lowest BCUT2D eigenvalue weighted by molar-refractivity contribution is 0.154. The molecular formula is C21H29ClN6O. The Kier molecular flexibility index (Phi) is 6.29. The second-order valence-electron chi connectivity index (χ2n) is 7.54. The van der Waals surface area contributed by atoms with Crippen molar-refractivity contribution in [3.8, 4) is 5.75 Å². The summed E-state index contributed by atoms with van der Waals surface area (Å²) in [6.07, 6.45) is 1.40. The number of anilines is 2. The van der Waals surface area contributed by atoms with E-state index >= 15 is 0 Å². The van der Waals surface area contributed by atoms with Crippen LogP contribution in [-0.4, -0.2) is 47.3 Å². The van der Waals surface area contributed by atoms with Crippen LogP contribution in [0.5, 0.6) is 5.75 Å². The number of benzene rings is 1. The summed E-state index contributed by atoms with van der Waals surface area (Å²) in [4.78, 5) is 10.7. The summed E-state index contributed by atoms with van der Waals surface area (Å²) >= 11 is 6.62. The van der Waals surface area contributed by atoms with Gasteiger partial charge < -0.3 is 26.1 Å². The van der Waals surface area contributed by atoms with E-state index in [1.807, 2.05) is 13.0 Å². The van der Waals surface area contributed by atoms with E-state index in [0.29, 0.717) is 23.0 Å². The van der Waals surface area contributed by atoms with Crippen molar-refractivity contribution >= 4 is 28.9 Å². The highest BCUT2D eigenvalue weighted by atomic mass is 35.5. The Bertz CT molecular complexity index is 926. The number of aromatic nitrogens is 2. The zero-order valence-corrected chi connectivity index (χ0v) is 18.4. The maximum atomic E-state index is 8.02. The highest BCUT2D eigenvalue weighted by Gasteiger charge is 2.33. The number of likely N-dealkylation sites (N-methyl/N-ethyl adjacent to an activating group) is 1. The quantitative estimate of drug-likeness (QED) is 0.589. The smallest absolute Gasteiger partial charge is 0.141 e. The molecule has 0 spiro atoms. The molecule has 1 aromatic carbocycles. The number of hydrogen-bond donors (Lipinski definition) is 3. The van der Waals surface area contributed by atoms with Crippen molar-refractivity contribution in [3.63, 3.8) is 0 Å². The average molecular weight is 417 g/mol. The molecule has 3 rings (SSSR count). The van der Waals surface area contributed by atoms with Crippen LogP contribution in [0.4, 0.5) is 11.6 Å². The lowest BCUT2D eigenvalue weighted by atomic mass is 9.85. The van der Waals surface area contributed by atoms with Gasteiger partial charge in [0.25, 0.3) is 0 Å². The number of methoxy groups -OCH3 is 1. The molecule has 4 N–H and O–H groups in total. The predicted octanol–water partition coefficient (Wildman–Crippen LogP) is 4.01. The van der Waals surface area contributed by atoms with Crippen molar-refractivity contribution in [1.82, 2.24) is 14.9 Å². The minimum Gasteiger partial charge on any atom is -0.496 e. The topological polar surface area (TPSA) is 100 Å². The van der Waals surface area contributed by atoms with Gasteiger partial charge in [-0.25, -0.2) is 9.97 Å². The lowest BCUT2D eigenvalue weighted by Crippen LogP contribution is -2.45. The fraction of sp³-hybridized carbons (Fsp3) is 0.476. The first kappa shape index (κ1) is 21.3. The maximum Gasteiger partial charge on any atom is 0.141 e. The Morgan fingerprint density at radius 3 is 2.72 bits per heavy atom. The van der Waals surface area contributed by atoms with Gasteiger partial charge in [-0.2, -0.15) is 0 Å². The minimum atomic E-state index is -0.156. The van der Waals surface area contributed by atoms with Gasteiger partial charge in [0.2, 0.25) is 0 Å². The van der Waals surface area contributed by atoms with E-state index in [2.05, 4.69) is 34.0 Å². The normalized spacial score (nSPS) is 15.7. The van der Waals surface area contributed by atoms with Crippen molar-refractivity contribution in [2.24, 2.45) is 0 Å². The second kappa shape index (κ2) is 8.55. The number of hydrogen-bond acceptors (Lipinski definition) is 7. The molecule has 7 nitrogen and oxygen atoms in total. The van der Waals surface area contributed by atoms with Gasteiger partial charge in [0.05, 0.1) is 18.7 Å². The van der Waals surface area contributed by atoms with Gasteiger partial charge in [-0.1, -0.05) is 18.5 Å². The zero-order chi connectivity index (χ0) is 21.3. The first-order chi connectivity index (χ1) is 13.8. The number of likely N-dealkylation sites (tertiary alicyclic amines) is 1. The molecule has 2 aromatic rings. The Balaban J connectivity index is 2.00. The molecule has 1 fully saturated rings. The van der Waals surface area contributed by atoms with Gasteiger partial charge in [-0.05, 0) is 38.9 Å². The molecule has 0 radical (unpaired) electrons. The molecule has 29 heavy (non-hydrogen) atoms. The first-order valence-electron chi connectivity index (χ1n) is 9.80. The summed E-state index contributed by atoms with van der Waals surface area (Å²) in [6.45, 7) is 11.0. The van der Waals surface area contributed by atoms with Crippen LogP contribution in [-0.2, 0) is 0 Å². The number of ether oxygens (including phenoxy) is 1. The Labute approximate surface area is 177 Å². The molecule has 1 unspecified atom stereocenters. The molecule has 0 aliphatic carbocycles. The van der Waals surface area contributed by atoms with Crippen molar-refractivity contribution in [1.29, 1.82) is 5.41 Å². The third-order valence-corrected chi connectivity index (χ3v) is 6.03. The lowest BCUT2D eigenvalue weighted by Gasteiger charge is -2.40. The van der Waals surface area contributed by atoms with Gasteiger partial charge in [-0.3, -0.25) is 0 Å². The van der Waals surface area contributed by atoms with Crippen LogP contribution in [0.3, 0.4) is 0 Å².